The van der Waals surface area contributed by atoms with E-state index in [1.807, 2.05) is 11.8 Å². The standard InChI is InChI=1S/C12H15N5O/c1-8-3-4-11-9(2)17(6-5-16(8)11)12(18)10-7-13-15-14-10/h3-4,7,9H,5-6H2,1-2H3,(H,13,14,15). The van der Waals surface area contributed by atoms with Crippen molar-refractivity contribution in [1.29, 1.82) is 0 Å². The second-order valence-corrected chi connectivity index (χ2v) is 4.58. The van der Waals surface area contributed by atoms with E-state index in [9.17, 15) is 4.79 Å². The Bertz CT molecular complexity index is 571. The third-order valence-corrected chi connectivity index (χ3v) is 3.59. The van der Waals surface area contributed by atoms with Gasteiger partial charge in [0.1, 0.15) is 0 Å². The fraction of sp³-hybridized carbons (Fsp3) is 0.417. The van der Waals surface area contributed by atoms with Gasteiger partial charge in [0, 0.05) is 24.5 Å². The summed E-state index contributed by atoms with van der Waals surface area (Å²) < 4.78 is 2.26. The summed E-state index contributed by atoms with van der Waals surface area (Å²) in [5.41, 5.74) is 2.79. The Balaban J connectivity index is 1.91. The highest BCUT2D eigenvalue weighted by Gasteiger charge is 2.29. The molecule has 1 unspecified atom stereocenters. The number of carbonyl (C=O) groups is 1. The summed E-state index contributed by atoms with van der Waals surface area (Å²) in [6.07, 6.45) is 1.47. The summed E-state index contributed by atoms with van der Waals surface area (Å²) in [6, 6.07) is 4.25. The van der Waals surface area contributed by atoms with Crippen LogP contribution in [0.3, 0.4) is 0 Å². The Morgan fingerprint density at radius 2 is 2.28 bits per heavy atom. The van der Waals surface area contributed by atoms with Crippen LogP contribution < -0.4 is 0 Å². The number of rotatable bonds is 1. The molecule has 6 nitrogen and oxygen atoms in total. The van der Waals surface area contributed by atoms with Crippen molar-refractivity contribution in [2.75, 3.05) is 6.54 Å². The highest BCUT2D eigenvalue weighted by molar-refractivity contribution is 5.92. The minimum absolute atomic E-state index is 0.0663. The molecule has 1 N–H and O–H groups in total. The molecule has 0 spiro atoms. The number of nitrogens with zero attached hydrogens (tertiary/aromatic N) is 4. The number of carbonyl (C=O) groups excluding carboxylic acids is 1. The van der Waals surface area contributed by atoms with Crippen LogP contribution in [-0.2, 0) is 6.54 Å². The molecule has 0 bridgehead atoms. The molecule has 3 rings (SSSR count). The van der Waals surface area contributed by atoms with Crippen LogP contribution >= 0.6 is 0 Å². The van der Waals surface area contributed by atoms with E-state index in [2.05, 4.69) is 39.0 Å². The molecule has 3 heterocycles. The summed E-state index contributed by atoms with van der Waals surface area (Å²) in [6.45, 7) is 5.67. The fourth-order valence-corrected chi connectivity index (χ4v) is 2.55. The van der Waals surface area contributed by atoms with Crippen LogP contribution in [0.4, 0.5) is 0 Å². The van der Waals surface area contributed by atoms with Gasteiger partial charge in [0.15, 0.2) is 5.69 Å². The van der Waals surface area contributed by atoms with E-state index >= 15 is 0 Å². The van der Waals surface area contributed by atoms with Crippen molar-refractivity contribution in [3.63, 3.8) is 0 Å². The van der Waals surface area contributed by atoms with Gasteiger partial charge in [-0.25, -0.2) is 0 Å². The molecular weight excluding hydrogens is 230 g/mol. The van der Waals surface area contributed by atoms with Crippen LogP contribution in [-0.4, -0.2) is 37.3 Å². The van der Waals surface area contributed by atoms with Gasteiger partial charge in [0.2, 0.25) is 0 Å². The SMILES string of the molecule is Cc1ccc2n1CCN(C(=O)c1cn[nH]n1)C2C. The summed E-state index contributed by atoms with van der Waals surface area (Å²) in [5.74, 6) is -0.0682. The highest BCUT2D eigenvalue weighted by atomic mass is 16.2. The molecule has 0 saturated heterocycles. The average molecular weight is 245 g/mol. The van der Waals surface area contributed by atoms with Crippen LogP contribution in [0.5, 0.6) is 0 Å². The van der Waals surface area contributed by atoms with E-state index < -0.39 is 0 Å². The number of hydrogen-bond donors (Lipinski definition) is 1. The number of hydrogen-bond acceptors (Lipinski definition) is 3. The molecule has 0 fully saturated rings. The van der Waals surface area contributed by atoms with Gasteiger partial charge >= 0.3 is 0 Å². The molecule has 94 valence electrons. The molecule has 0 saturated carbocycles. The number of nitrogens with one attached hydrogen (secondary N) is 1. The van der Waals surface area contributed by atoms with Gasteiger partial charge in [-0.05, 0) is 26.0 Å². The number of amides is 1. The van der Waals surface area contributed by atoms with E-state index in [0.717, 1.165) is 6.54 Å². The lowest BCUT2D eigenvalue weighted by molar-refractivity contribution is 0.0636. The number of fused-ring (bicyclic) bond motifs is 1. The topological polar surface area (TPSA) is 66.8 Å². The number of aromatic amines is 1. The molecule has 0 aliphatic carbocycles. The molecule has 1 aliphatic rings. The van der Waals surface area contributed by atoms with E-state index in [0.29, 0.717) is 12.2 Å². The van der Waals surface area contributed by atoms with Crippen LogP contribution in [0.1, 0.15) is 34.8 Å². The van der Waals surface area contributed by atoms with E-state index in [-0.39, 0.29) is 11.9 Å². The predicted octanol–water partition coefficient (Wildman–Crippen LogP) is 1.13. The first-order valence-corrected chi connectivity index (χ1v) is 6.01. The van der Waals surface area contributed by atoms with Gasteiger partial charge in [0.25, 0.3) is 5.91 Å². The van der Waals surface area contributed by atoms with Gasteiger partial charge < -0.3 is 9.47 Å². The van der Waals surface area contributed by atoms with E-state index in [4.69, 9.17) is 0 Å². The summed E-state index contributed by atoms with van der Waals surface area (Å²) in [5, 5.41) is 10.0. The van der Waals surface area contributed by atoms with Crippen molar-refractivity contribution in [3.8, 4) is 0 Å². The number of H-pyrrole nitrogens is 1. The summed E-state index contributed by atoms with van der Waals surface area (Å²) >= 11 is 0. The first-order chi connectivity index (χ1) is 8.68. The second-order valence-electron chi connectivity index (χ2n) is 4.58. The van der Waals surface area contributed by atoms with E-state index in [1.165, 1.54) is 17.6 Å². The third-order valence-electron chi connectivity index (χ3n) is 3.59. The Morgan fingerprint density at radius 1 is 1.44 bits per heavy atom. The maximum Gasteiger partial charge on any atom is 0.276 e. The number of aromatic nitrogens is 4. The van der Waals surface area contributed by atoms with Gasteiger partial charge in [-0.15, -0.1) is 0 Å². The quantitative estimate of drug-likeness (QED) is 0.819. The Hall–Kier alpha value is -2.11. The predicted molar refractivity (Wildman–Crippen MR) is 65.0 cm³/mol. The Kier molecular flexibility index (Phi) is 2.43. The maximum absolute atomic E-state index is 12.3. The second kappa shape index (κ2) is 3.97. The lowest BCUT2D eigenvalue weighted by Gasteiger charge is -2.34. The van der Waals surface area contributed by atoms with Crippen molar-refractivity contribution in [2.45, 2.75) is 26.4 Å². The lowest BCUT2D eigenvalue weighted by atomic mass is 10.1. The smallest absolute Gasteiger partial charge is 0.276 e. The molecule has 2 aromatic heterocycles. The average Bonchev–Trinajstić information content (AvgIpc) is 2.99. The summed E-state index contributed by atoms with van der Waals surface area (Å²) in [4.78, 5) is 14.1. The molecule has 6 heteroatoms. The maximum atomic E-state index is 12.3. The van der Waals surface area contributed by atoms with Gasteiger partial charge in [-0.3, -0.25) is 4.79 Å². The van der Waals surface area contributed by atoms with Gasteiger partial charge in [-0.2, -0.15) is 15.4 Å². The zero-order valence-corrected chi connectivity index (χ0v) is 10.4. The normalized spacial score (nSPS) is 18.8. The Morgan fingerprint density at radius 3 is 3.00 bits per heavy atom. The van der Waals surface area contributed by atoms with Gasteiger partial charge in [0.05, 0.1) is 12.2 Å². The molecule has 1 atom stereocenters. The fourth-order valence-electron chi connectivity index (χ4n) is 2.55. The minimum Gasteiger partial charge on any atom is -0.345 e. The van der Waals surface area contributed by atoms with Crippen LogP contribution in [0.25, 0.3) is 0 Å². The first-order valence-electron chi connectivity index (χ1n) is 6.01. The molecule has 1 amide bonds. The number of aryl methyl sites for hydroxylation is 1. The van der Waals surface area contributed by atoms with Crippen molar-refractivity contribution in [1.82, 2.24) is 24.9 Å². The lowest BCUT2D eigenvalue weighted by Crippen LogP contribution is -2.41. The Labute approximate surface area is 105 Å². The highest BCUT2D eigenvalue weighted by Crippen LogP contribution is 2.27. The zero-order valence-electron chi connectivity index (χ0n) is 10.4. The molecular formula is C12H15N5O. The first kappa shape index (κ1) is 11.0. The molecule has 2 aromatic rings. The zero-order chi connectivity index (χ0) is 12.7. The van der Waals surface area contributed by atoms with Crippen LogP contribution in [0.2, 0.25) is 0 Å². The van der Waals surface area contributed by atoms with Gasteiger partial charge in [-0.1, -0.05) is 0 Å². The van der Waals surface area contributed by atoms with Crippen molar-refractivity contribution < 1.29 is 4.79 Å². The van der Waals surface area contributed by atoms with Crippen molar-refractivity contribution in [2.24, 2.45) is 0 Å². The van der Waals surface area contributed by atoms with Crippen molar-refractivity contribution in [3.05, 3.63) is 35.4 Å². The van der Waals surface area contributed by atoms with Crippen LogP contribution in [0.15, 0.2) is 18.3 Å². The molecule has 0 radical (unpaired) electrons. The van der Waals surface area contributed by atoms with E-state index in [1.54, 1.807) is 0 Å². The molecule has 1 aliphatic heterocycles. The van der Waals surface area contributed by atoms with Crippen LogP contribution in [0, 0.1) is 6.92 Å². The monoisotopic (exact) mass is 245 g/mol. The molecule has 0 aromatic carbocycles. The summed E-state index contributed by atoms with van der Waals surface area (Å²) in [7, 11) is 0. The minimum atomic E-state index is -0.0682. The largest absolute Gasteiger partial charge is 0.345 e. The molecule has 18 heavy (non-hydrogen) atoms. The van der Waals surface area contributed by atoms with Crippen molar-refractivity contribution >= 4 is 5.91 Å². The third kappa shape index (κ3) is 1.53.